The highest BCUT2D eigenvalue weighted by molar-refractivity contribution is 7.47. The summed E-state index contributed by atoms with van der Waals surface area (Å²) in [5.74, 6) is 0.0885. The van der Waals surface area contributed by atoms with E-state index in [0.717, 1.165) is 38.6 Å². The zero-order valence-electron chi connectivity index (χ0n) is 24.5. The summed E-state index contributed by atoms with van der Waals surface area (Å²) in [6.07, 6.45) is 13.9. The maximum Gasteiger partial charge on any atom is 0.472 e. The first-order valence-corrected chi connectivity index (χ1v) is 16.0. The van der Waals surface area contributed by atoms with Crippen LogP contribution >= 0.6 is 7.82 Å². The summed E-state index contributed by atoms with van der Waals surface area (Å²) < 4.78 is 23.5. The number of nitrogens with one attached hydrogen (secondary N) is 1. The van der Waals surface area contributed by atoms with Gasteiger partial charge in [-0.15, -0.1) is 0 Å². The van der Waals surface area contributed by atoms with Crippen LogP contribution in [-0.4, -0.2) is 73.4 Å². The number of phosphoric acid groups is 1. The SMILES string of the molecule is C=C(C)C(=O)NCCC[N+](C)(C)CC(O)COP(=O)(O)OCC(CCCCCC)CCCCCCCC. The summed E-state index contributed by atoms with van der Waals surface area (Å²) in [5, 5.41) is 13.2. The van der Waals surface area contributed by atoms with E-state index in [1.54, 1.807) is 6.92 Å². The van der Waals surface area contributed by atoms with Crippen molar-refractivity contribution in [3.8, 4) is 0 Å². The van der Waals surface area contributed by atoms with Gasteiger partial charge in [-0.1, -0.05) is 84.6 Å². The molecule has 0 aromatic rings. The molecule has 0 aromatic heterocycles. The van der Waals surface area contributed by atoms with Gasteiger partial charge >= 0.3 is 7.82 Å². The van der Waals surface area contributed by atoms with E-state index in [4.69, 9.17) is 9.05 Å². The maximum atomic E-state index is 12.5. The molecule has 0 bridgehead atoms. The second-order valence-electron chi connectivity index (χ2n) is 11.2. The summed E-state index contributed by atoms with van der Waals surface area (Å²) in [6.45, 7) is 11.2. The average Bonchev–Trinajstić information content (AvgIpc) is 2.82. The van der Waals surface area contributed by atoms with Crippen molar-refractivity contribution >= 4 is 13.7 Å². The Labute approximate surface area is 227 Å². The van der Waals surface area contributed by atoms with E-state index in [1.807, 2.05) is 14.1 Å². The van der Waals surface area contributed by atoms with E-state index in [9.17, 15) is 19.4 Å². The predicted octanol–water partition coefficient (Wildman–Crippen LogP) is 5.98. The summed E-state index contributed by atoms with van der Waals surface area (Å²) in [6, 6.07) is 0. The number of carbonyl (C=O) groups excluding carboxylic acids is 1. The lowest BCUT2D eigenvalue weighted by Crippen LogP contribution is -2.47. The summed E-state index contributed by atoms with van der Waals surface area (Å²) in [4.78, 5) is 21.8. The minimum Gasteiger partial charge on any atom is -0.385 e. The lowest BCUT2D eigenvalue weighted by molar-refractivity contribution is -0.893. The first-order valence-electron chi connectivity index (χ1n) is 14.5. The van der Waals surface area contributed by atoms with Crippen LogP contribution in [0.5, 0.6) is 0 Å². The Kier molecular flexibility index (Phi) is 20.7. The van der Waals surface area contributed by atoms with Gasteiger partial charge in [0.15, 0.2) is 0 Å². The summed E-state index contributed by atoms with van der Waals surface area (Å²) in [5.41, 5.74) is 0.474. The molecule has 0 radical (unpaired) electrons. The third-order valence-electron chi connectivity index (χ3n) is 6.65. The number of aliphatic hydroxyl groups is 1. The number of phosphoric ester groups is 1. The molecule has 0 aromatic carbocycles. The van der Waals surface area contributed by atoms with Gasteiger partial charge in [0.05, 0.1) is 33.9 Å². The van der Waals surface area contributed by atoms with Crippen molar-refractivity contribution in [2.75, 3.05) is 46.9 Å². The van der Waals surface area contributed by atoms with E-state index in [0.29, 0.717) is 23.1 Å². The fourth-order valence-corrected chi connectivity index (χ4v) is 5.21. The minimum absolute atomic E-state index is 0.160. The molecule has 3 unspecified atom stereocenters. The van der Waals surface area contributed by atoms with Crippen LogP contribution < -0.4 is 5.32 Å². The molecule has 0 rings (SSSR count). The van der Waals surface area contributed by atoms with Gasteiger partial charge in [-0.05, 0) is 25.7 Å². The van der Waals surface area contributed by atoms with Crippen molar-refractivity contribution in [3.05, 3.63) is 12.2 Å². The van der Waals surface area contributed by atoms with Crippen LogP contribution in [-0.2, 0) is 18.4 Å². The lowest BCUT2D eigenvalue weighted by Gasteiger charge is -2.32. The lowest BCUT2D eigenvalue weighted by atomic mass is 9.95. The van der Waals surface area contributed by atoms with E-state index in [-0.39, 0.29) is 25.0 Å². The third kappa shape index (κ3) is 21.8. The van der Waals surface area contributed by atoms with Gasteiger partial charge in [0.1, 0.15) is 12.6 Å². The molecule has 0 saturated carbocycles. The van der Waals surface area contributed by atoms with Crippen molar-refractivity contribution in [1.29, 1.82) is 0 Å². The monoisotopic (exact) mass is 549 g/mol. The Morgan fingerprint density at radius 2 is 1.43 bits per heavy atom. The van der Waals surface area contributed by atoms with Gasteiger partial charge in [0.2, 0.25) is 5.91 Å². The Morgan fingerprint density at radius 3 is 2.00 bits per heavy atom. The molecule has 0 aliphatic heterocycles. The highest BCUT2D eigenvalue weighted by Crippen LogP contribution is 2.44. The fourth-order valence-electron chi connectivity index (χ4n) is 4.38. The number of nitrogens with zero attached hydrogens (tertiary/aromatic N) is 1. The average molecular weight is 550 g/mol. The number of quaternary nitrogens is 1. The molecule has 9 heteroatoms. The third-order valence-corrected chi connectivity index (χ3v) is 7.60. The molecular formula is C28H58N2O6P+. The van der Waals surface area contributed by atoms with Gasteiger partial charge in [0.25, 0.3) is 0 Å². The second-order valence-corrected chi connectivity index (χ2v) is 12.7. The molecule has 0 saturated heterocycles. The molecule has 0 heterocycles. The van der Waals surface area contributed by atoms with E-state index in [2.05, 4.69) is 25.7 Å². The zero-order chi connectivity index (χ0) is 28.2. The molecule has 3 atom stereocenters. The Morgan fingerprint density at radius 1 is 0.919 bits per heavy atom. The van der Waals surface area contributed by atoms with Crippen molar-refractivity contribution in [2.24, 2.45) is 5.92 Å². The number of hydrogen-bond donors (Lipinski definition) is 3. The van der Waals surface area contributed by atoms with Crippen LogP contribution in [0.25, 0.3) is 0 Å². The van der Waals surface area contributed by atoms with Crippen molar-refractivity contribution in [1.82, 2.24) is 5.32 Å². The van der Waals surface area contributed by atoms with Gasteiger partial charge in [-0.3, -0.25) is 13.8 Å². The number of aliphatic hydroxyl groups excluding tert-OH is 1. The number of likely N-dealkylation sites (N-methyl/N-ethyl adjacent to an activating group) is 1. The number of rotatable bonds is 25. The number of hydrogen-bond acceptors (Lipinski definition) is 5. The Bertz CT molecular complexity index is 659. The molecular weight excluding hydrogens is 491 g/mol. The molecule has 3 N–H and O–H groups in total. The van der Waals surface area contributed by atoms with E-state index in [1.165, 1.54) is 51.4 Å². The Hall–Kier alpha value is -0.760. The predicted molar refractivity (Wildman–Crippen MR) is 152 cm³/mol. The Balaban J connectivity index is 4.45. The smallest absolute Gasteiger partial charge is 0.385 e. The molecule has 0 fully saturated rings. The molecule has 0 spiro atoms. The maximum absolute atomic E-state index is 12.5. The van der Waals surface area contributed by atoms with Crippen LogP contribution in [0.1, 0.15) is 104 Å². The van der Waals surface area contributed by atoms with Gasteiger partial charge in [-0.2, -0.15) is 0 Å². The van der Waals surface area contributed by atoms with Crippen LogP contribution in [0, 0.1) is 5.92 Å². The fraction of sp³-hybridized carbons (Fsp3) is 0.893. The first kappa shape index (κ1) is 36.2. The van der Waals surface area contributed by atoms with Crippen LogP contribution in [0.3, 0.4) is 0 Å². The van der Waals surface area contributed by atoms with Crippen molar-refractivity contribution in [2.45, 2.75) is 110 Å². The van der Waals surface area contributed by atoms with Crippen molar-refractivity contribution < 1.29 is 32.9 Å². The van der Waals surface area contributed by atoms with E-state index >= 15 is 0 Å². The van der Waals surface area contributed by atoms with Gasteiger partial charge in [0, 0.05) is 18.5 Å². The largest absolute Gasteiger partial charge is 0.472 e. The molecule has 1 amide bonds. The zero-order valence-corrected chi connectivity index (χ0v) is 25.4. The molecule has 8 nitrogen and oxygen atoms in total. The quantitative estimate of drug-likeness (QED) is 0.0560. The highest BCUT2D eigenvalue weighted by Gasteiger charge is 2.27. The molecule has 0 aliphatic carbocycles. The highest BCUT2D eigenvalue weighted by atomic mass is 31.2. The normalized spacial score (nSPS) is 15.2. The minimum atomic E-state index is -4.23. The second kappa shape index (κ2) is 21.1. The standard InChI is InChI=1S/C28H57N2O6P/c1-7-9-11-13-14-16-19-26(18-15-12-10-8-2)23-35-37(33,34)36-24-27(31)22-30(5,6)21-17-20-29-28(32)25(3)4/h26-27,31H,3,7-24H2,1-2,4-6H3,(H-,29,32,33,34)/p+1. The van der Waals surface area contributed by atoms with Crippen molar-refractivity contribution in [3.63, 3.8) is 0 Å². The number of amides is 1. The molecule has 37 heavy (non-hydrogen) atoms. The topological polar surface area (TPSA) is 105 Å². The number of carbonyl (C=O) groups is 1. The van der Waals surface area contributed by atoms with E-state index < -0.39 is 13.9 Å². The summed E-state index contributed by atoms with van der Waals surface area (Å²) >= 11 is 0. The molecule has 220 valence electrons. The van der Waals surface area contributed by atoms with Crippen LogP contribution in [0.2, 0.25) is 0 Å². The van der Waals surface area contributed by atoms with Crippen LogP contribution in [0.15, 0.2) is 12.2 Å². The van der Waals surface area contributed by atoms with Gasteiger partial charge < -0.3 is 19.8 Å². The van der Waals surface area contributed by atoms with Crippen LogP contribution in [0.4, 0.5) is 0 Å². The molecule has 0 aliphatic rings. The summed E-state index contributed by atoms with van der Waals surface area (Å²) in [7, 11) is -0.309. The number of unbranched alkanes of at least 4 members (excludes halogenated alkanes) is 8. The first-order chi connectivity index (χ1) is 17.4. The van der Waals surface area contributed by atoms with Gasteiger partial charge in [-0.25, -0.2) is 4.57 Å².